The van der Waals surface area contributed by atoms with Crippen LogP contribution in [0.2, 0.25) is 0 Å². The quantitative estimate of drug-likeness (QED) is 0.0278. The number of nitrogens with two attached hydrogens (primary N) is 2. The van der Waals surface area contributed by atoms with Crippen molar-refractivity contribution >= 4 is 67.8 Å². The number of carbonyl (C=O) groups excluding carboxylic acids is 2. The molecule has 6 N–H and O–H groups in total. The monoisotopic (exact) mass is 1950 g/mol. The molecule has 28 nitrogen and oxygen atoms in total. The normalized spacial score (nSPS) is 16.5. The highest BCUT2D eigenvalue weighted by Gasteiger charge is 2.52. The summed E-state index contributed by atoms with van der Waals surface area (Å²) in [6.45, 7) is 23.6. The van der Waals surface area contributed by atoms with E-state index >= 15 is 8.78 Å². The largest absolute Gasteiger partial charge is 0.498 e. The Kier molecular flexibility index (Phi) is 33.6. The van der Waals surface area contributed by atoms with Crippen molar-refractivity contribution in [2.75, 3.05) is 83.8 Å². The molecule has 6 aliphatic rings. The third kappa shape index (κ3) is 26.7. The Morgan fingerprint density at radius 1 is 0.438 bits per heavy atom. The van der Waals surface area contributed by atoms with Crippen molar-refractivity contribution in [2.24, 2.45) is 17.8 Å². The van der Waals surface area contributed by atoms with Gasteiger partial charge in [0.25, 0.3) is 10.1 Å². The Bertz CT molecular complexity index is 6550. The van der Waals surface area contributed by atoms with Gasteiger partial charge in [0.05, 0.1) is 46.9 Å². The molecule has 7 aromatic heterocycles. The van der Waals surface area contributed by atoms with Crippen LogP contribution in [0.1, 0.15) is 163 Å². The van der Waals surface area contributed by atoms with E-state index in [9.17, 15) is 42.3 Å². The van der Waals surface area contributed by atoms with Crippen LogP contribution in [0.4, 0.5) is 20.4 Å². The van der Waals surface area contributed by atoms with Crippen LogP contribution in [0, 0.1) is 50.2 Å². The van der Waals surface area contributed by atoms with E-state index in [4.69, 9.17) is 49.0 Å². The molecule has 6 aliphatic heterocycles. The SMILES string of the molecule is CC1(C)OB(c2cnn(C3CCOCC3)c2)OC1(C)C.CS(=O)(=O)O.Cc1ccc(-c2cn(CC3CCOCC3)cc(C(=O)Cc3ccc(-c4cc(-c5cnn(C6CCOCC6)c5)cnc4N)c(F)c3)c2=O)cc1.Cc1ccc(-c2cn(CC3CCOCC3)cc(C(=O)Cc3ccc(-c4cc(Br)cnc4N)c(F)c3)c2=O)cc1.Cc1ccc(-c2cn(CC3CCOCC3)cc(C(=O)O)c2=O)cc1. The van der Waals surface area contributed by atoms with Gasteiger partial charge < -0.3 is 63.3 Å². The summed E-state index contributed by atoms with van der Waals surface area (Å²) in [6, 6.07) is 36.4. The number of rotatable bonds is 22. The van der Waals surface area contributed by atoms with Gasteiger partial charge in [0.15, 0.2) is 22.4 Å². The van der Waals surface area contributed by atoms with E-state index in [1.807, 2.05) is 147 Å². The van der Waals surface area contributed by atoms with Crippen molar-refractivity contribution in [3.63, 3.8) is 0 Å². The lowest BCUT2D eigenvalue weighted by molar-refractivity contribution is 0.00578. The molecule has 13 heterocycles. The predicted octanol–water partition coefficient (Wildman–Crippen LogP) is 16.9. The Morgan fingerprint density at radius 3 is 1.16 bits per heavy atom. The number of aromatic nitrogens is 9. The van der Waals surface area contributed by atoms with Crippen LogP contribution in [0.25, 0.3) is 66.8 Å². The Labute approximate surface area is 804 Å². The van der Waals surface area contributed by atoms with Gasteiger partial charge in [-0.2, -0.15) is 18.6 Å². The van der Waals surface area contributed by atoms with Crippen LogP contribution < -0.4 is 33.2 Å². The van der Waals surface area contributed by atoms with Gasteiger partial charge in [-0.3, -0.25) is 37.9 Å². The van der Waals surface area contributed by atoms with E-state index in [0.717, 1.165) is 141 Å². The molecule has 0 saturated carbocycles. The van der Waals surface area contributed by atoms with Crippen LogP contribution in [0.5, 0.6) is 0 Å². The fourth-order valence-electron chi connectivity index (χ4n) is 17.3. The van der Waals surface area contributed by atoms with Crippen LogP contribution in [0.3, 0.4) is 0 Å². The number of carboxylic acid groups (broad SMARTS) is 1. The van der Waals surface area contributed by atoms with E-state index < -0.39 is 33.2 Å². The summed E-state index contributed by atoms with van der Waals surface area (Å²) in [7, 11) is -3.99. The molecule has 0 atom stereocenters. The molecule has 6 fully saturated rings. The summed E-state index contributed by atoms with van der Waals surface area (Å²) in [5.41, 5.74) is 22.5. The van der Waals surface area contributed by atoms with Gasteiger partial charge in [0.2, 0.25) is 5.43 Å². The smallest absolute Gasteiger partial charge is 0.477 e. The summed E-state index contributed by atoms with van der Waals surface area (Å²) in [5, 5.41) is 18.4. The molecular formula is C104H117BBrF2N11O17S. The number of benzene rings is 5. The number of ether oxygens (including phenoxy) is 5. The molecule has 0 aliphatic carbocycles. The highest BCUT2D eigenvalue weighted by Crippen LogP contribution is 2.39. The molecule has 33 heteroatoms. The molecule has 0 spiro atoms. The lowest BCUT2D eigenvalue weighted by atomic mass is 9.82. The molecule has 0 radical (unpaired) electrons. The van der Waals surface area contributed by atoms with Crippen molar-refractivity contribution in [2.45, 2.75) is 168 Å². The van der Waals surface area contributed by atoms with Crippen LogP contribution in [-0.2, 0) is 75.6 Å². The van der Waals surface area contributed by atoms with Crippen molar-refractivity contribution in [3.8, 4) is 66.8 Å². The molecule has 12 aromatic rings. The number of carbonyl (C=O) groups is 3. The highest BCUT2D eigenvalue weighted by molar-refractivity contribution is 9.10. The zero-order valence-electron chi connectivity index (χ0n) is 78.4. The summed E-state index contributed by atoms with van der Waals surface area (Å²) < 4.78 is 107. The van der Waals surface area contributed by atoms with E-state index in [0.29, 0.717) is 133 Å². The standard InChI is InChI=1S/C39H40FN5O4.C31H29BrFN3O3.C19H21NO4.C14H23BN2O3.CH4O3S/c1-25-2-5-28(6-3-25)34-23-44(21-26-8-12-48-13-9-26)24-35(38(34)47)37(46)17-27-4-7-32(36(40)16-27)33-18-29(19-42-39(33)41)30-20-43-45(22-30)31-10-14-49-15-11-31;1-19-2-5-22(6-3-19)26-17-36(16-20-8-10-39-11-9-20)18-27(30(26)38)29(37)13-21-4-7-24(28(33)12-21)25-14-23(32)15-35-31(25)34;1-13-2-4-15(5-3-13)16-11-20(10-14-6-8-24-9-7-14)12-17(18(16)21)19(22)23;1-13(2)14(3,4)20-15(19-13)11-9-16-17(10-11)12-5-7-18-8-6-12;1-5(2,3)4/h2-7,16,18-20,22-24,26,31H,8-15,17,21H2,1H3,(H2,41,42);2-7,12,14-15,17-18,20H,8-11,13,16H2,1H3,(H2,34,35);2-5,11-12,14H,6-10H2,1H3,(H,22,23);9-10,12H,5-8H2,1-4H3;1H3,(H,2,3,4). The number of carboxylic acids is 1. The average Bonchev–Trinajstić information content (AvgIpc) is 1.60. The maximum absolute atomic E-state index is 15.8. The fourth-order valence-corrected chi connectivity index (χ4v) is 17.7. The predicted molar refractivity (Wildman–Crippen MR) is 527 cm³/mol. The first-order chi connectivity index (χ1) is 65.5. The Balaban J connectivity index is 0.000000151. The van der Waals surface area contributed by atoms with Gasteiger partial charge in [-0.1, -0.05) is 114 Å². The van der Waals surface area contributed by atoms with Crippen molar-refractivity contribution in [1.82, 2.24) is 43.2 Å². The molecule has 720 valence electrons. The lowest BCUT2D eigenvalue weighted by Crippen LogP contribution is -2.41. The first-order valence-electron chi connectivity index (χ1n) is 46.3. The third-order valence-electron chi connectivity index (χ3n) is 26.0. The number of pyridine rings is 5. The molecule has 0 bridgehead atoms. The van der Waals surface area contributed by atoms with Gasteiger partial charge in [-0.15, -0.1) is 0 Å². The molecule has 0 amide bonds. The second-order valence-electron chi connectivity index (χ2n) is 36.9. The fraction of sp³-hybridized carbons (Fsp3) is 0.385. The number of Topliss-reactive ketones (excluding diaryl/α,β-unsaturated/α-hetero) is 2. The zero-order chi connectivity index (χ0) is 97.4. The molecule has 5 aromatic carbocycles. The number of ketones is 2. The second kappa shape index (κ2) is 45.6. The molecule has 137 heavy (non-hydrogen) atoms. The molecular weight excluding hydrogens is 1840 g/mol. The highest BCUT2D eigenvalue weighted by atomic mass is 79.9. The number of nitrogens with zero attached hydrogens (tertiary/aromatic N) is 9. The van der Waals surface area contributed by atoms with Gasteiger partial charge in [-0.25, -0.2) is 23.5 Å². The van der Waals surface area contributed by atoms with E-state index in [1.165, 1.54) is 18.3 Å². The number of nitrogen functional groups attached to an aromatic ring is 2. The number of hydrogen-bond acceptors (Lipinski definition) is 21. The molecule has 18 rings (SSSR count). The second-order valence-corrected chi connectivity index (χ2v) is 39.3. The van der Waals surface area contributed by atoms with Crippen LogP contribution in [0.15, 0.2) is 215 Å². The van der Waals surface area contributed by atoms with Crippen LogP contribution >= 0.6 is 15.9 Å². The summed E-state index contributed by atoms with van der Waals surface area (Å²) >= 11 is 3.34. The summed E-state index contributed by atoms with van der Waals surface area (Å²) in [4.78, 5) is 87.0. The van der Waals surface area contributed by atoms with E-state index in [2.05, 4.69) is 70.0 Å². The lowest BCUT2D eigenvalue weighted by Gasteiger charge is -2.32. The average molecular weight is 1950 g/mol. The minimum Gasteiger partial charge on any atom is -0.477 e. The van der Waals surface area contributed by atoms with Crippen molar-refractivity contribution in [3.05, 3.63) is 287 Å². The number of anilines is 2. The maximum atomic E-state index is 15.8. The first kappa shape index (κ1) is 101. The number of aromatic carboxylic acids is 1. The van der Waals surface area contributed by atoms with Gasteiger partial charge in [0, 0.05) is 227 Å². The van der Waals surface area contributed by atoms with Crippen molar-refractivity contribution in [1.29, 1.82) is 0 Å². The minimum absolute atomic E-state index is 0.0945. The zero-order valence-corrected chi connectivity index (χ0v) is 80.8. The van der Waals surface area contributed by atoms with E-state index in [-0.39, 0.29) is 99.1 Å². The molecule has 0 unspecified atom stereocenters. The van der Waals surface area contributed by atoms with E-state index in [1.54, 1.807) is 67.5 Å². The Hall–Kier alpha value is -11.9. The van der Waals surface area contributed by atoms with Gasteiger partial charge in [0.1, 0.15) is 28.8 Å². The van der Waals surface area contributed by atoms with Gasteiger partial charge in [-0.05, 0) is 198 Å². The number of halogens is 3. The summed E-state index contributed by atoms with van der Waals surface area (Å²) in [6.07, 6.45) is 31.0. The number of aryl methyl sites for hydroxylation is 3. The summed E-state index contributed by atoms with van der Waals surface area (Å²) in [5.74, 6) is -1.32. The first-order valence-corrected chi connectivity index (χ1v) is 48.9. The van der Waals surface area contributed by atoms with Gasteiger partial charge >= 0.3 is 13.1 Å². The van der Waals surface area contributed by atoms with Crippen molar-refractivity contribution < 1.29 is 74.2 Å². The third-order valence-corrected chi connectivity index (χ3v) is 26.4. The number of hydrogen-bond donors (Lipinski definition) is 4. The molecule has 6 saturated heterocycles. The maximum Gasteiger partial charge on any atom is 0.498 e. The topological polar surface area (TPSA) is 370 Å². The minimum atomic E-state index is -3.67. The van der Waals surface area contributed by atoms with Crippen LogP contribution in [-0.4, -0.2) is 169 Å². The Morgan fingerprint density at radius 2 is 0.781 bits per heavy atom.